The molecule has 0 aliphatic carbocycles. The van der Waals surface area contributed by atoms with Gasteiger partial charge in [-0.1, -0.05) is 25.1 Å². The molecule has 7 heteroatoms. The summed E-state index contributed by atoms with van der Waals surface area (Å²) in [5.41, 5.74) is 0.869. The normalized spacial score (nSPS) is 13.3. The Morgan fingerprint density at radius 1 is 1.21 bits per heavy atom. The number of carbonyl (C=O) groups excluding carboxylic acids is 1. The van der Waals surface area contributed by atoms with E-state index in [-0.39, 0.29) is 18.1 Å². The first-order chi connectivity index (χ1) is 11.5. The van der Waals surface area contributed by atoms with Gasteiger partial charge in [-0.05, 0) is 31.4 Å². The van der Waals surface area contributed by atoms with Gasteiger partial charge >= 0.3 is 6.03 Å². The quantitative estimate of drug-likeness (QED) is 0.686. The molecule has 2 unspecified atom stereocenters. The topological polar surface area (TPSA) is 100 Å². The van der Waals surface area contributed by atoms with Gasteiger partial charge in [0, 0.05) is 25.1 Å². The molecule has 0 spiro atoms. The molecule has 2 aromatic rings. The summed E-state index contributed by atoms with van der Waals surface area (Å²) < 4.78 is 5.57. The van der Waals surface area contributed by atoms with Crippen molar-refractivity contribution < 1.29 is 14.3 Å². The van der Waals surface area contributed by atoms with Gasteiger partial charge in [0.1, 0.15) is 0 Å². The van der Waals surface area contributed by atoms with Crippen molar-refractivity contribution in [3.8, 4) is 11.5 Å². The Labute approximate surface area is 141 Å². The van der Waals surface area contributed by atoms with E-state index in [4.69, 9.17) is 4.42 Å². The van der Waals surface area contributed by atoms with Crippen molar-refractivity contribution in [2.45, 2.75) is 32.8 Å². The summed E-state index contributed by atoms with van der Waals surface area (Å²) in [5.74, 6) is 1.18. The van der Waals surface area contributed by atoms with E-state index < -0.39 is 0 Å². The summed E-state index contributed by atoms with van der Waals surface area (Å²) in [4.78, 5) is 11.7. The van der Waals surface area contributed by atoms with Gasteiger partial charge in [-0.15, -0.1) is 10.2 Å². The lowest BCUT2D eigenvalue weighted by Gasteiger charge is -2.14. The molecule has 0 aliphatic heterocycles. The number of benzene rings is 1. The molecule has 0 bridgehead atoms. The number of urea groups is 1. The second-order valence-corrected chi connectivity index (χ2v) is 5.94. The van der Waals surface area contributed by atoms with Crippen molar-refractivity contribution in [2.24, 2.45) is 5.92 Å². The molecule has 24 heavy (non-hydrogen) atoms. The fourth-order valence-corrected chi connectivity index (χ4v) is 2.33. The Morgan fingerprint density at radius 2 is 1.96 bits per heavy atom. The lowest BCUT2D eigenvalue weighted by atomic mass is 10.1. The highest BCUT2D eigenvalue weighted by molar-refractivity contribution is 5.73. The summed E-state index contributed by atoms with van der Waals surface area (Å²) in [5, 5.41) is 22.8. The van der Waals surface area contributed by atoms with Crippen LogP contribution in [0.15, 0.2) is 34.7 Å². The number of aliphatic hydroxyl groups excluding tert-OH is 1. The first kappa shape index (κ1) is 17.9. The fourth-order valence-electron chi connectivity index (χ4n) is 2.33. The summed E-state index contributed by atoms with van der Waals surface area (Å²) >= 11 is 0. The molecule has 2 amide bonds. The van der Waals surface area contributed by atoms with Crippen LogP contribution >= 0.6 is 0 Å². The van der Waals surface area contributed by atoms with Crippen LogP contribution in [0.4, 0.5) is 4.79 Å². The molecule has 2 rings (SSSR count). The number of rotatable bonds is 8. The number of hydrogen-bond acceptors (Lipinski definition) is 5. The summed E-state index contributed by atoms with van der Waals surface area (Å²) in [6.07, 6.45) is 0.766. The van der Waals surface area contributed by atoms with E-state index in [9.17, 15) is 9.90 Å². The minimum absolute atomic E-state index is 0.222. The molecule has 0 aliphatic rings. The summed E-state index contributed by atoms with van der Waals surface area (Å²) in [7, 11) is 0. The molecule has 0 saturated carbocycles. The largest absolute Gasteiger partial charge is 0.421 e. The smallest absolute Gasteiger partial charge is 0.314 e. The molecule has 1 heterocycles. The number of nitrogens with zero attached hydrogens (tertiary/aromatic N) is 2. The van der Waals surface area contributed by atoms with Crippen molar-refractivity contribution in [3.63, 3.8) is 0 Å². The number of aromatic nitrogens is 2. The first-order valence-corrected chi connectivity index (χ1v) is 8.12. The average molecular weight is 332 g/mol. The number of aliphatic hydroxyl groups is 1. The standard InChI is InChI=1S/C17H24N4O3/c1-12(10-13(2)22)11-19-17(23)18-9-8-15-20-21-16(24-15)14-6-4-3-5-7-14/h3-7,12-13,22H,8-11H2,1-2H3,(H2,18,19,23). The number of carbonyl (C=O) groups is 1. The van der Waals surface area contributed by atoms with Crippen LogP contribution in [0.25, 0.3) is 11.5 Å². The van der Waals surface area contributed by atoms with Crippen molar-refractivity contribution in [1.82, 2.24) is 20.8 Å². The third-order valence-corrected chi connectivity index (χ3v) is 3.47. The molecular formula is C17H24N4O3. The second kappa shape index (κ2) is 9.02. The predicted molar refractivity (Wildman–Crippen MR) is 90.3 cm³/mol. The Hall–Kier alpha value is -2.41. The molecule has 0 radical (unpaired) electrons. The summed E-state index contributed by atoms with van der Waals surface area (Å²) in [6.45, 7) is 4.66. The SMILES string of the molecule is CC(O)CC(C)CNC(=O)NCCc1nnc(-c2ccccc2)o1. The maximum absolute atomic E-state index is 11.7. The van der Waals surface area contributed by atoms with Crippen LogP contribution in [0.3, 0.4) is 0 Å². The average Bonchev–Trinajstić information content (AvgIpc) is 3.02. The van der Waals surface area contributed by atoms with Gasteiger partial charge in [-0.25, -0.2) is 4.79 Å². The van der Waals surface area contributed by atoms with E-state index >= 15 is 0 Å². The minimum Gasteiger partial charge on any atom is -0.421 e. The lowest BCUT2D eigenvalue weighted by Crippen LogP contribution is -2.39. The second-order valence-electron chi connectivity index (χ2n) is 5.94. The third-order valence-electron chi connectivity index (χ3n) is 3.47. The van der Waals surface area contributed by atoms with E-state index in [1.54, 1.807) is 6.92 Å². The zero-order valence-electron chi connectivity index (χ0n) is 14.0. The Bertz CT molecular complexity index is 628. The van der Waals surface area contributed by atoms with Crippen LogP contribution < -0.4 is 10.6 Å². The predicted octanol–water partition coefficient (Wildman–Crippen LogP) is 1.99. The van der Waals surface area contributed by atoms with Gasteiger partial charge in [0.05, 0.1) is 6.10 Å². The molecule has 1 aromatic carbocycles. The lowest BCUT2D eigenvalue weighted by molar-refractivity contribution is 0.163. The van der Waals surface area contributed by atoms with E-state index in [0.29, 0.717) is 37.7 Å². The van der Waals surface area contributed by atoms with Crippen LogP contribution in [0.1, 0.15) is 26.2 Å². The van der Waals surface area contributed by atoms with Gasteiger partial charge in [0.2, 0.25) is 11.8 Å². The zero-order chi connectivity index (χ0) is 17.4. The molecule has 7 nitrogen and oxygen atoms in total. The van der Waals surface area contributed by atoms with Crippen LogP contribution in [-0.4, -0.2) is 40.5 Å². The van der Waals surface area contributed by atoms with Gasteiger partial charge in [-0.3, -0.25) is 0 Å². The van der Waals surface area contributed by atoms with Crippen LogP contribution in [0.2, 0.25) is 0 Å². The molecular weight excluding hydrogens is 308 g/mol. The van der Waals surface area contributed by atoms with Gasteiger partial charge in [-0.2, -0.15) is 0 Å². The molecule has 3 N–H and O–H groups in total. The fraction of sp³-hybridized carbons (Fsp3) is 0.471. The highest BCUT2D eigenvalue weighted by Crippen LogP contribution is 2.16. The molecule has 2 atom stereocenters. The van der Waals surface area contributed by atoms with E-state index in [2.05, 4.69) is 20.8 Å². The Kier molecular flexibility index (Phi) is 6.74. The van der Waals surface area contributed by atoms with Crippen LogP contribution in [0.5, 0.6) is 0 Å². The molecule has 0 saturated heterocycles. The van der Waals surface area contributed by atoms with Gasteiger partial charge < -0.3 is 20.2 Å². The first-order valence-electron chi connectivity index (χ1n) is 8.12. The Balaban J connectivity index is 1.69. The maximum atomic E-state index is 11.7. The van der Waals surface area contributed by atoms with Crippen molar-refractivity contribution in [2.75, 3.05) is 13.1 Å². The van der Waals surface area contributed by atoms with Crippen LogP contribution in [-0.2, 0) is 6.42 Å². The van der Waals surface area contributed by atoms with E-state index in [0.717, 1.165) is 5.56 Å². The van der Waals surface area contributed by atoms with Crippen molar-refractivity contribution >= 4 is 6.03 Å². The van der Waals surface area contributed by atoms with E-state index in [1.165, 1.54) is 0 Å². The Morgan fingerprint density at radius 3 is 2.67 bits per heavy atom. The minimum atomic E-state index is -0.360. The third kappa shape index (κ3) is 6.00. The number of nitrogens with one attached hydrogen (secondary N) is 2. The summed E-state index contributed by atoms with van der Waals surface area (Å²) in [6, 6.07) is 9.29. The zero-order valence-corrected chi connectivity index (χ0v) is 14.0. The van der Waals surface area contributed by atoms with E-state index in [1.807, 2.05) is 37.3 Å². The monoisotopic (exact) mass is 332 g/mol. The number of hydrogen-bond donors (Lipinski definition) is 3. The molecule has 1 aromatic heterocycles. The molecule has 130 valence electrons. The van der Waals surface area contributed by atoms with Crippen LogP contribution in [0, 0.1) is 5.92 Å². The van der Waals surface area contributed by atoms with Crippen molar-refractivity contribution in [3.05, 3.63) is 36.2 Å². The molecule has 0 fully saturated rings. The number of amides is 2. The van der Waals surface area contributed by atoms with Crippen molar-refractivity contribution in [1.29, 1.82) is 0 Å². The highest BCUT2D eigenvalue weighted by Gasteiger charge is 2.10. The van der Waals surface area contributed by atoms with Gasteiger partial charge in [0.15, 0.2) is 0 Å². The maximum Gasteiger partial charge on any atom is 0.314 e. The van der Waals surface area contributed by atoms with Gasteiger partial charge in [0.25, 0.3) is 0 Å². The highest BCUT2D eigenvalue weighted by atomic mass is 16.4.